The van der Waals surface area contributed by atoms with E-state index in [0.717, 1.165) is 18.3 Å². The van der Waals surface area contributed by atoms with Crippen LogP contribution in [0, 0.1) is 15.9 Å². The van der Waals surface area contributed by atoms with Crippen LogP contribution in [-0.2, 0) is 0 Å². The Balaban J connectivity index is 2.39. The van der Waals surface area contributed by atoms with Gasteiger partial charge in [-0.3, -0.25) is 14.9 Å². The lowest BCUT2D eigenvalue weighted by Crippen LogP contribution is -2.15. The number of hydrogen-bond acceptors (Lipinski definition) is 5. The number of nitro groups is 1. The van der Waals surface area contributed by atoms with E-state index in [1.54, 1.807) is 0 Å². The Morgan fingerprint density at radius 3 is 2.81 bits per heavy atom. The summed E-state index contributed by atoms with van der Waals surface area (Å²) in [5, 5.41) is 13.0. The third-order valence-electron chi connectivity index (χ3n) is 2.53. The molecule has 0 bridgehead atoms. The highest BCUT2D eigenvalue weighted by Crippen LogP contribution is 2.23. The lowest BCUT2D eigenvalue weighted by molar-refractivity contribution is -0.385. The molecule has 9 heteroatoms. The number of anilines is 2. The van der Waals surface area contributed by atoms with Crippen LogP contribution in [0.4, 0.5) is 21.5 Å². The highest BCUT2D eigenvalue weighted by atomic mass is 35.5. The van der Waals surface area contributed by atoms with E-state index < -0.39 is 22.3 Å². The quantitative estimate of drug-likeness (QED) is 0.392. The van der Waals surface area contributed by atoms with Crippen molar-refractivity contribution in [3.05, 3.63) is 57.1 Å². The number of amides is 1. The third kappa shape index (κ3) is 3.23. The molecule has 21 heavy (non-hydrogen) atoms. The molecule has 1 aromatic carbocycles. The number of nitrogen functional groups attached to an aromatic ring is 1. The molecule has 0 saturated carbocycles. The summed E-state index contributed by atoms with van der Waals surface area (Å²) in [6, 6.07) is 4.61. The van der Waals surface area contributed by atoms with Crippen molar-refractivity contribution in [2.24, 2.45) is 0 Å². The van der Waals surface area contributed by atoms with Gasteiger partial charge in [0.05, 0.1) is 10.6 Å². The van der Waals surface area contributed by atoms with Gasteiger partial charge in [-0.25, -0.2) is 9.37 Å². The minimum absolute atomic E-state index is 0.0983. The number of carbonyl (C=O) groups excluding carboxylic acids is 1. The van der Waals surface area contributed by atoms with Gasteiger partial charge in [0.25, 0.3) is 11.6 Å². The van der Waals surface area contributed by atoms with Crippen LogP contribution in [0.1, 0.15) is 10.4 Å². The average molecular weight is 311 g/mol. The zero-order valence-electron chi connectivity index (χ0n) is 10.3. The van der Waals surface area contributed by atoms with Gasteiger partial charge in [-0.15, -0.1) is 0 Å². The molecule has 1 aromatic heterocycles. The van der Waals surface area contributed by atoms with E-state index in [9.17, 15) is 19.3 Å². The van der Waals surface area contributed by atoms with E-state index in [-0.39, 0.29) is 22.1 Å². The van der Waals surface area contributed by atoms with Crippen LogP contribution in [0.2, 0.25) is 5.15 Å². The Morgan fingerprint density at radius 1 is 1.43 bits per heavy atom. The largest absolute Gasteiger partial charge is 0.399 e. The summed E-state index contributed by atoms with van der Waals surface area (Å²) < 4.78 is 13.5. The summed E-state index contributed by atoms with van der Waals surface area (Å²) in [5.41, 5.74) is 4.65. The molecule has 1 amide bonds. The smallest absolute Gasteiger partial charge is 0.300 e. The Hall–Kier alpha value is -2.74. The topological polar surface area (TPSA) is 111 Å². The number of benzene rings is 1. The number of nitrogens with one attached hydrogen (secondary N) is 1. The highest BCUT2D eigenvalue weighted by molar-refractivity contribution is 6.30. The Labute approximate surface area is 122 Å². The van der Waals surface area contributed by atoms with Gasteiger partial charge < -0.3 is 11.1 Å². The van der Waals surface area contributed by atoms with Crippen molar-refractivity contribution in [1.82, 2.24) is 4.98 Å². The van der Waals surface area contributed by atoms with Crippen molar-refractivity contribution in [3.63, 3.8) is 0 Å². The van der Waals surface area contributed by atoms with Gasteiger partial charge in [-0.1, -0.05) is 11.6 Å². The van der Waals surface area contributed by atoms with Crippen LogP contribution >= 0.6 is 11.6 Å². The predicted octanol–water partition coefficient (Wildman–Crippen LogP) is 2.62. The Morgan fingerprint density at radius 2 is 2.14 bits per heavy atom. The molecule has 0 atom stereocenters. The fourth-order valence-corrected chi connectivity index (χ4v) is 1.74. The molecular formula is C12H8ClFN4O3. The van der Waals surface area contributed by atoms with Crippen molar-refractivity contribution < 1.29 is 14.1 Å². The number of nitrogens with zero attached hydrogens (tertiary/aromatic N) is 2. The second-order valence-electron chi connectivity index (χ2n) is 3.97. The first-order chi connectivity index (χ1) is 9.88. The molecule has 0 radical (unpaired) electrons. The summed E-state index contributed by atoms with van der Waals surface area (Å²) in [6.07, 6.45) is 0.854. The number of rotatable bonds is 3. The van der Waals surface area contributed by atoms with E-state index >= 15 is 0 Å². The minimum atomic E-state index is -0.893. The monoisotopic (exact) mass is 310 g/mol. The van der Waals surface area contributed by atoms with Crippen molar-refractivity contribution in [1.29, 1.82) is 0 Å². The number of aromatic nitrogens is 1. The second-order valence-corrected chi connectivity index (χ2v) is 4.36. The van der Waals surface area contributed by atoms with Crippen molar-refractivity contribution in [2.75, 3.05) is 11.1 Å². The first-order valence-electron chi connectivity index (χ1n) is 5.55. The maximum atomic E-state index is 13.5. The van der Waals surface area contributed by atoms with Gasteiger partial charge in [0, 0.05) is 5.69 Å². The van der Waals surface area contributed by atoms with Gasteiger partial charge in [-0.05, 0) is 24.3 Å². The molecule has 2 rings (SSSR count). The second kappa shape index (κ2) is 5.71. The summed E-state index contributed by atoms with van der Waals surface area (Å²) >= 11 is 5.62. The lowest BCUT2D eigenvalue weighted by Gasteiger charge is -2.07. The summed E-state index contributed by atoms with van der Waals surface area (Å²) in [7, 11) is 0. The highest BCUT2D eigenvalue weighted by Gasteiger charge is 2.22. The van der Waals surface area contributed by atoms with Crippen LogP contribution in [0.5, 0.6) is 0 Å². The fourth-order valence-electron chi connectivity index (χ4n) is 1.58. The number of hydrogen-bond donors (Lipinski definition) is 2. The SMILES string of the molecule is Nc1ccc(F)c(NC(=O)c2cc(Cl)ncc2[N+](=O)[O-])c1. The molecule has 3 N–H and O–H groups in total. The Bertz CT molecular complexity index is 738. The minimum Gasteiger partial charge on any atom is -0.399 e. The molecule has 0 aliphatic rings. The van der Waals surface area contributed by atoms with Crippen LogP contribution in [0.25, 0.3) is 0 Å². The van der Waals surface area contributed by atoms with Crippen molar-refractivity contribution in [3.8, 4) is 0 Å². The van der Waals surface area contributed by atoms with Crippen LogP contribution in [0.15, 0.2) is 30.5 Å². The molecule has 0 aliphatic carbocycles. The van der Waals surface area contributed by atoms with E-state index in [2.05, 4.69) is 10.3 Å². The van der Waals surface area contributed by atoms with E-state index in [4.69, 9.17) is 17.3 Å². The fraction of sp³-hybridized carbons (Fsp3) is 0. The summed E-state index contributed by atoms with van der Waals surface area (Å²) in [5.74, 6) is -1.61. The average Bonchev–Trinajstić information content (AvgIpc) is 2.42. The molecule has 2 aromatic rings. The summed E-state index contributed by atoms with van der Waals surface area (Å²) in [4.78, 5) is 25.7. The zero-order valence-corrected chi connectivity index (χ0v) is 11.1. The Kier molecular flexibility index (Phi) is 3.99. The third-order valence-corrected chi connectivity index (χ3v) is 2.74. The maximum absolute atomic E-state index is 13.5. The molecule has 1 heterocycles. The first kappa shape index (κ1) is 14.7. The summed E-state index contributed by atoms with van der Waals surface area (Å²) in [6.45, 7) is 0. The van der Waals surface area contributed by atoms with Gasteiger partial charge in [0.1, 0.15) is 22.7 Å². The van der Waals surface area contributed by atoms with Gasteiger partial charge in [0.15, 0.2) is 0 Å². The van der Waals surface area contributed by atoms with Gasteiger partial charge in [0.2, 0.25) is 0 Å². The molecule has 0 saturated heterocycles. The van der Waals surface area contributed by atoms with Crippen LogP contribution in [-0.4, -0.2) is 15.8 Å². The molecule has 0 fully saturated rings. The maximum Gasteiger partial charge on any atom is 0.300 e. The number of carbonyl (C=O) groups is 1. The predicted molar refractivity (Wildman–Crippen MR) is 74.7 cm³/mol. The molecule has 108 valence electrons. The van der Waals surface area contributed by atoms with Gasteiger partial charge in [-0.2, -0.15) is 0 Å². The van der Waals surface area contributed by atoms with Crippen LogP contribution in [0.3, 0.4) is 0 Å². The van der Waals surface area contributed by atoms with Gasteiger partial charge >= 0.3 is 0 Å². The molecule has 0 aliphatic heterocycles. The molecular weight excluding hydrogens is 303 g/mol. The standard InChI is InChI=1S/C12H8ClFN4O3/c13-11-4-7(10(5-16-11)18(20)21)12(19)17-9-3-6(15)1-2-8(9)14/h1-5H,15H2,(H,17,19). The zero-order chi connectivity index (χ0) is 15.6. The normalized spacial score (nSPS) is 10.2. The van der Waals surface area contributed by atoms with Crippen molar-refractivity contribution >= 4 is 34.6 Å². The molecule has 7 nitrogen and oxygen atoms in total. The number of nitrogens with two attached hydrogens (primary N) is 1. The lowest BCUT2D eigenvalue weighted by atomic mass is 10.2. The van der Waals surface area contributed by atoms with E-state index in [1.807, 2.05) is 0 Å². The number of pyridine rings is 1. The van der Waals surface area contributed by atoms with Crippen LogP contribution < -0.4 is 11.1 Å². The molecule has 0 spiro atoms. The van der Waals surface area contributed by atoms with Crippen molar-refractivity contribution in [2.45, 2.75) is 0 Å². The molecule has 0 unspecified atom stereocenters. The first-order valence-corrected chi connectivity index (χ1v) is 5.92. The number of halogens is 2. The van der Waals surface area contributed by atoms with E-state index in [0.29, 0.717) is 0 Å². The van der Waals surface area contributed by atoms with E-state index in [1.165, 1.54) is 12.1 Å².